The highest BCUT2D eigenvalue weighted by Gasteiger charge is 2.28. The molecule has 90 valence electrons. The van der Waals surface area contributed by atoms with E-state index in [0.717, 1.165) is 21.3 Å². The second-order valence-corrected chi connectivity index (χ2v) is 5.24. The molecule has 3 heteroatoms. The highest BCUT2D eigenvalue weighted by Crippen LogP contribution is 2.36. The largest absolute Gasteiger partial charge is 0.306 e. The molecule has 0 unspecified atom stereocenters. The Labute approximate surface area is 114 Å². The number of halogens is 1. The highest BCUT2D eigenvalue weighted by molar-refractivity contribution is 9.10. The van der Waals surface area contributed by atoms with Gasteiger partial charge in [-0.3, -0.25) is 4.79 Å². The van der Waals surface area contributed by atoms with Crippen molar-refractivity contribution >= 4 is 27.5 Å². The number of nitrogens with zero attached hydrogens (tertiary/aromatic N) is 1. The summed E-state index contributed by atoms with van der Waals surface area (Å²) in [5.74, 6) is 0.167. The number of anilines is 1. The molecule has 0 bridgehead atoms. The van der Waals surface area contributed by atoms with Crippen LogP contribution < -0.4 is 4.90 Å². The molecule has 2 aromatic carbocycles. The van der Waals surface area contributed by atoms with Crippen molar-refractivity contribution in [3.05, 3.63) is 64.1 Å². The van der Waals surface area contributed by atoms with Crippen molar-refractivity contribution in [2.45, 2.75) is 13.0 Å². The monoisotopic (exact) mass is 301 g/mol. The molecule has 2 nitrogen and oxygen atoms in total. The molecule has 0 radical (unpaired) electrons. The first kappa shape index (κ1) is 11.5. The molecule has 1 amide bonds. The first-order chi connectivity index (χ1) is 8.75. The predicted octanol–water partition coefficient (Wildman–Crippen LogP) is 3.54. The van der Waals surface area contributed by atoms with Crippen LogP contribution >= 0.6 is 15.9 Å². The van der Waals surface area contributed by atoms with Crippen molar-refractivity contribution in [1.29, 1.82) is 0 Å². The van der Waals surface area contributed by atoms with Crippen molar-refractivity contribution in [3.63, 3.8) is 0 Å². The maximum absolute atomic E-state index is 12.1. The van der Waals surface area contributed by atoms with Gasteiger partial charge in [-0.05, 0) is 33.1 Å². The van der Waals surface area contributed by atoms with E-state index in [1.165, 1.54) is 0 Å². The van der Waals surface area contributed by atoms with Crippen molar-refractivity contribution in [1.82, 2.24) is 0 Å². The second kappa shape index (κ2) is 4.58. The number of fused-ring (bicyclic) bond motifs is 1. The van der Waals surface area contributed by atoms with Gasteiger partial charge in [0, 0.05) is 4.47 Å². The number of hydrogen-bond donors (Lipinski definition) is 0. The lowest BCUT2D eigenvalue weighted by Crippen LogP contribution is -2.26. The van der Waals surface area contributed by atoms with E-state index in [0.29, 0.717) is 13.0 Å². The average molecular weight is 302 g/mol. The van der Waals surface area contributed by atoms with Crippen molar-refractivity contribution < 1.29 is 4.79 Å². The van der Waals surface area contributed by atoms with Crippen LogP contribution in [0.1, 0.15) is 11.1 Å². The Morgan fingerprint density at radius 2 is 1.83 bits per heavy atom. The molecular formula is C15H12BrNO. The lowest BCUT2D eigenvalue weighted by molar-refractivity contribution is -0.117. The molecular weight excluding hydrogens is 290 g/mol. The van der Waals surface area contributed by atoms with Crippen LogP contribution in [0.3, 0.4) is 0 Å². The maximum atomic E-state index is 12.1. The van der Waals surface area contributed by atoms with Crippen LogP contribution in [-0.2, 0) is 17.8 Å². The van der Waals surface area contributed by atoms with Crippen molar-refractivity contribution in [3.8, 4) is 0 Å². The Morgan fingerprint density at radius 3 is 2.61 bits per heavy atom. The molecule has 0 N–H and O–H groups in total. The van der Waals surface area contributed by atoms with Gasteiger partial charge in [-0.15, -0.1) is 0 Å². The summed E-state index contributed by atoms with van der Waals surface area (Å²) in [6.07, 6.45) is 0.502. The minimum atomic E-state index is 0.167. The van der Waals surface area contributed by atoms with Crippen LogP contribution in [0.25, 0.3) is 0 Å². The van der Waals surface area contributed by atoms with Gasteiger partial charge >= 0.3 is 0 Å². The summed E-state index contributed by atoms with van der Waals surface area (Å²) in [5.41, 5.74) is 3.27. The van der Waals surface area contributed by atoms with Gasteiger partial charge in [0.2, 0.25) is 5.91 Å². The van der Waals surface area contributed by atoms with Gasteiger partial charge in [-0.25, -0.2) is 0 Å². The zero-order valence-corrected chi connectivity index (χ0v) is 11.4. The fourth-order valence-corrected chi connectivity index (χ4v) is 2.94. The molecule has 0 aromatic heterocycles. The standard InChI is InChI=1S/C15H12BrNO/c16-13-8-4-7-12-9-14(18)17(15(12)13)10-11-5-2-1-3-6-11/h1-8H,9-10H2. The predicted molar refractivity (Wildman–Crippen MR) is 75.5 cm³/mol. The van der Waals surface area contributed by atoms with Crippen LogP contribution in [0.4, 0.5) is 5.69 Å². The zero-order valence-electron chi connectivity index (χ0n) is 9.77. The summed E-state index contributed by atoms with van der Waals surface area (Å²) < 4.78 is 0.988. The lowest BCUT2D eigenvalue weighted by Gasteiger charge is -2.18. The number of para-hydroxylation sites is 1. The van der Waals surface area contributed by atoms with Crippen LogP contribution in [0, 0.1) is 0 Å². The second-order valence-electron chi connectivity index (χ2n) is 4.39. The number of amides is 1. The third-order valence-electron chi connectivity index (χ3n) is 3.17. The molecule has 18 heavy (non-hydrogen) atoms. The zero-order chi connectivity index (χ0) is 12.5. The number of hydrogen-bond acceptors (Lipinski definition) is 1. The van der Waals surface area contributed by atoms with Crippen molar-refractivity contribution in [2.75, 3.05) is 4.90 Å². The van der Waals surface area contributed by atoms with Gasteiger partial charge in [-0.2, -0.15) is 0 Å². The Morgan fingerprint density at radius 1 is 1.06 bits per heavy atom. The fraction of sp³-hybridized carbons (Fsp3) is 0.133. The normalized spacial score (nSPS) is 13.8. The number of carbonyl (C=O) groups is 1. The smallest absolute Gasteiger partial charge is 0.231 e. The Hall–Kier alpha value is -1.61. The third-order valence-corrected chi connectivity index (χ3v) is 3.81. The number of rotatable bonds is 2. The van der Waals surface area contributed by atoms with Crippen LogP contribution in [0.2, 0.25) is 0 Å². The summed E-state index contributed by atoms with van der Waals surface area (Å²) in [6, 6.07) is 16.0. The minimum absolute atomic E-state index is 0.167. The van der Waals surface area contributed by atoms with E-state index in [-0.39, 0.29) is 5.91 Å². The molecule has 0 spiro atoms. The summed E-state index contributed by atoms with van der Waals surface area (Å²) in [7, 11) is 0. The van der Waals surface area contributed by atoms with Gasteiger partial charge in [0.1, 0.15) is 0 Å². The van der Waals surface area contributed by atoms with E-state index < -0.39 is 0 Å². The van der Waals surface area contributed by atoms with Crippen molar-refractivity contribution in [2.24, 2.45) is 0 Å². The molecule has 1 aliphatic heterocycles. The minimum Gasteiger partial charge on any atom is -0.306 e. The highest BCUT2D eigenvalue weighted by atomic mass is 79.9. The lowest BCUT2D eigenvalue weighted by atomic mass is 10.1. The summed E-state index contributed by atoms with van der Waals surface area (Å²) in [5, 5.41) is 0. The molecule has 0 saturated carbocycles. The van der Waals surface area contributed by atoms with Gasteiger partial charge in [0.15, 0.2) is 0 Å². The Balaban J connectivity index is 1.97. The average Bonchev–Trinajstić information content (AvgIpc) is 2.69. The number of benzene rings is 2. The molecule has 1 aliphatic rings. The fourth-order valence-electron chi connectivity index (χ4n) is 2.32. The molecule has 0 saturated heterocycles. The SMILES string of the molecule is O=C1Cc2cccc(Br)c2N1Cc1ccccc1. The van der Waals surface area contributed by atoms with Crippen LogP contribution in [-0.4, -0.2) is 5.91 Å². The van der Waals surface area contributed by atoms with E-state index in [1.807, 2.05) is 53.4 Å². The van der Waals surface area contributed by atoms with Crippen LogP contribution in [0.15, 0.2) is 53.0 Å². The van der Waals surface area contributed by atoms with Gasteiger partial charge in [0.25, 0.3) is 0 Å². The topological polar surface area (TPSA) is 20.3 Å². The third kappa shape index (κ3) is 1.95. The summed E-state index contributed by atoms with van der Waals surface area (Å²) >= 11 is 3.53. The van der Waals surface area contributed by atoms with Gasteiger partial charge < -0.3 is 4.90 Å². The quantitative estimate of drug-likeness (QED) is 0.831. The first-order valence-corrected chi connectivity index (χ1v) is 6.66. The molecule has 0 atom stereocenters. The Bertz CT molecular complexity index is 595. The van der Waals surface area contributed by atoms with E-state index in [4.69, 9.17) is 0 Å². The molecule has 3 rings (SSSR count). The van der Waals surface area contributed by atoms with E-state index >= 15 is 0 Å². The molecule has 1 heterocycles. The van der Waals surface area contributed by atoms with E-state index in [1.54, 1.807) is 0 Å². The van der Waals surface area contributed by atoms with E-state index in [2.05, 4.69) is 15.9 Å². The molecule has 0 fully saturated rings. The molecule has 2 aromatic rings. The maximum Gasteiger partial charge on any atom is 0.231 e. The van der Waals surface area contributed by atoms with E-state index in [9.17, 15) is 4.79 Å². The van der Waals surface area contributed by atoms with Gasteiger partial charge in [0.05, 0.1) is 18.7 Å². The Kier molecular flexibility index (Phi) is 2.92. The first-order valence-electron chi connectivity index (χ1n) is 5.87. The number of carbonyl (C=O) groups excluding carboxylic acids is 1. The molecule has 0 aliphatic carbocycles. The van der Waals surface area contributed by atoms with Gasteiger partial charge in [-0.1, -0.05) is 42.5 Å². The summed E-state index contributed by atoms with van der Waals surface area (Å²) in [4.78, 5) is 13.9. The summed E-state index contributed by atoms with van der Waals surface area (Å²) in [6.45, 7) is 0.634. The van der Waals surface area contributed by atoms with Crippen LogP contribution in [0.5, 0.6) is 0 Å².